The second-order valence-electron chi connectivity index (χ2n) is 3.27. The van der Waals surface area contributed by atoms with Crippen LogP contribution in [-0.2, 0) is 19.0 Å². The number of epoxide rings is 1. The second-order valence-corrected chi connectivity index (χ2v) is 4.85. The molecule has 0 saturated carbocycles. The molecule has 1 aromatic carbocycles. The van der Waals surface area contributed by atoms with Crippen LogP contribution >= 0.6 is 0 Å². The van der Waals surface area contributed by atoms with Crippen molar-refractivity contribution >= 4 is 10.1 Å². The third-order valence-corrected chi connectivity index (χ3v) is 3.29. The van der Waals surface area contributed by atoms with Crippen molar-refractivity contribution in [1.29, 1.82) is 0 Å². The molecule has 7 heteroatoms. The smallest absolute Gasteiger partial charge is 0.300 e. The molecule has 1 aliphatic heterocycles. The molecule has 1 fully saturated rings. The Balaban J connectivity index is 2.20. The Kier molecular flexibility index (Phi) is 2.92. The Hall–Kier alpha value is -1.05. The zero-order valence-corrected chi connectivity index (χ0v) is 8.84. The lowest BCUT2D eigenvalue weighted by Crippen LogP contribution is -2.12. The summed E-state index contributed by atoms with van der Waals surface area (Å²) >= 11 is 0. The first-order chi connectivity index (χ1) is 7.49. The Morgan fingerprint density at radius 2 is 2.12 bits per heavy atom. The molecule has 0 radical (unpaired) electrons. The minimum absolute atomic E-state index is 0.154. The molecule has 1 heterocycles. The molecule has 0 amide bonds. The molecule has 1 aromatic rings. The predicted molar refractivity (Wildman–Crippen MR) is 49.2 cm³/mol. The van der Waals surface area contributed by atoms with Crippen LogP contribution in [0, 0.1) is 11.6 Å². The Labute approximate surface area is 90.9 Å². The summed E-state index contributed by atoms with van der Waals surface area (Å²) in [7, 11) is -4.18. The number of rotatable bonds is 4. The quantitative estimate of drug-likeness (QED) is 0.592. The zero-order chi connectivity index (χ0) is 11.8. The van der Waals surface area contributed by atoms with E-state index in [-0.39, 0.29) is 12.7 Å². The highest BCUT2D eigenvalue weighted by atomic mass is 32.2. The molecular weight excluding hydrogens is 242 g/mol. The van der Waals surface area contributed by atoms with E-state index in [9.17, 15) is 17.2 Å². The highest BCUT2D eigenvalue weighted by Crippen LogP contribution is 2.19. The van der Waals surface area contributed by atoms with E-state index in [4.69, 9.17) is 4.74 Å². The van der Waals surface area contributed by atoms with Gasteiger partial charge in [-0.15, -0.1) is 0 Å². The predicted octanol–water partition coefficient (Wildman–Crippen LogP) is 1.07. The van der Waals surface area contributed by atoms with E-state index in [0.717, 1.165) is 12.1 Å². The third kappa shape index (κ3) is 2.55. The highest BCUT2D eigenvalue weighted by molar-refractivity contribution is 7.86. The standard InChI is InChI=1S/C9H8F2O4S/c10-6-1-2-9(8(11)3-6)16(12,13)15-5-7-4-14-7/h1-3,7H,4-5H2. The minimum Gasteiger partial charge on any atom is -0.371 e. The summed E-state index contributed by atoms with van der Waals surface area (Å²) in [6, 6.07) is 2.17. The SMILES string of the molecule is O=S(=O)(OCC1CO1)c1ccc(F)cc1F. The maximum absolute atomic E-state index is 13.2. The van der Waals surface area contributed by atoms with Gasteiger partial charge in [0.25, 0.3) is 10.1 Å². The lowest BCUT2D eigenvalue weighted by atomic mass is 10.3. The molecule has 16 heavy (non-hydrogen) atoms. The zero-order valence-electron chi connectivity index (χ0n) is 8.02. The molecule has 0 aliphatic carbocycles. The van der Waals surface area contributed by atoms with Gasteiger partial charge in [0.2, 0.25) is 0 Å². The van der Waals surface area contributed by atoms with Gasteiger partial charge in [0.15, 0.2) is 0 Å². The fourth-order valence-electron chi connectivity index (χ4n) is 1.07. The van der Waals surface area contributed by atoms with Crippen LogP contribution in [0.25, 0.3) is 0 Å². The molecule has 88 valence electrons. The van der Waals surface area contributed by atoms with Crippen LogP contribution in [0.15, 0.2) is 23.1 Å². The van der Waals surface area contributed by atoms with Crippen LogP contribution in [-0.4, -0.2) is 27.7 Å². The van der Waals surface area contributed by atoms with Gasteiger partial charge in [-0.25, -0.2) is 8.78 Å². The second kappa shape index (κ2) is 4.08. The van der Waals surface area contributed by atoms with Gasteiger partial charge in [0, 0.05) is 6.07 Å². The van der Waals surface area contributed by atoms with Gasteiger partial charge < -0.3 is 4.74 Å². The van der Waals surface area contributed by atoms with Gasteiger partial charge in [-0.3, -0.25) is 4.18 Å². The molecular formula is C9H8F2O4S. The largest absolute Gasteiger partial charge is 0.371 e. The van der Waals surface area contributed by atoms with Crippen LogP contribution in [0.4, 0.5) is 8.78 Å². The molecule has 1 aliphatic rings. The molecule has 0 N–H and O–H groups in total. The first-order valence-corrected chi connectivity index (χ1v) is 5.86. The summed E-state index contributed by atoms with van der Waals surface area (Å²) in [6.45, 7) is 0.278. The van der Waals surface area contributed by atoms with Crippen LogP contribution < -0.4 is 0 Å². The maximum atomic E-state index is 13.2. The summed E-state index contributed by atoms with van der Waals surface area (Å²) in [5, 5.41) is 0. The minimum atomic E-state index is -4.18. The van der Waals surface area contributed by atoms with E-state index in [2.05, 4.69) is 4.18 Å². The maximum Gasteiger partial charge on any atom is 0.300 e. The van der Waals surface area contributed by atoms with Crippen molar-refractivity contribution in [2.24, 2.45) is 0 Å². The number of halogens is 2. The van der Waals surface area contributed by atoms with Gasteiger partial charge in [0.05, 0.1) is 13.2 Å². The topological polar surface area (TPSA) is 55.9 Å². The monoisotopic (exact) mass is 250 g/mol. The van der Waals surface area contributed by atoms with E-state index < -0.39 is 26.6 Å². The van der Waals surface area contributed by atoms with E-state index in [1.165, 1.54) is 0 Å². The number of benzene rings is 1. The molecule has 0 spiro atoms. The molecule has 1 unspecified atom stereocenters. The van der Waals surface area contributed by atoms with Crippen molar-refractivity contribution in [3.8, 4) is 0 Å². The van der Waals surface area contributed by atoms with Gasteiger partial charge in [-0.05, 0) is 12.1 Å². The fourth-order valence-corrected chi connectivity index (χ4v) is 2.06. The Bertz CT molecular complexity index is 496. The van der Waals surface area contributed by atoms with E-state index >= 15 is 0 Å². The number of ether oxygens (including phenoxy) is 1. The van der Waals surface area contributed by atoms with Gasteiger partial charge >= 0.3 is 0 Å². The third-order valence-electron chi connectivity index (χ3n) is 1.97. The van der Waals surface area contributed by atoms with Crippen LogP contribution in [0.3, 0.4) is 0 Å². The lowest BCUT2D eigenvalue weighted by Gasteiger charge is -2.04. The molecule has 1 saturated heterocycles. The first-order valence-electron chi connectivity index (χ1n) is 4.45. The van der Waals surface area contributed by atoms with Crippen molar-refractivity contribution in [2.45, 2.75) is 11.0 Å². The van der Waals surface area contributed by atoms with E-state index in [1.807, 2.05) is 0 Å². The fraction of sp³-hybridized carbons (Fsp3) is 0.333. The van der Waals surface area contributed by atoms with Crippen molar-refractivity contribution in [1.82, 2.24) is 0 Å². The summed E-state index contributed by atoms with van der Waals surface area (Å²) in [4.78, 5) is -0.672. The first kappa shape index (κ1) is 11.4. The molecule has 0 bridgehead atoms. The van der Waals surface area contributed by atoms with E-state index in [0.29, 0.717) is 12.7 Å². The van der Waals surface area contributed by atoms with Gasteiger partial charge in [-0.1, -0.05) is 0 Å². The highest BCUT2D eigenvalue weighted by Gasteiger charge is 2.28. The van der Waals surface area contributed by atoms with Crippen LogP contribution in [0.5, 0.6) is 0 Å². The number of hydrogen-bond acceptors (Lipinski definition) is 4. The molecule has 4 nitrogen and oxygen atoms in total. The average molecular weight is 250 g/mol. The molecule has 0 aromatic heterocycles. The Morgan fingerprint density at radius 1 is 1.44 bits per heavy atom. The summed E-state index contributed by atoms with van der Waals surface area (Å²) in [6.07, 6.45) is -0.252. The lowest BCUT2D eigenvalue weighted by molar-refractivity contribution is 0.265. The van der Waals surface area contributed by atoms with Gasteiger partial charge in [0.1, 0.15) is 22.6 Å². The van der Waals surface area contributed by atoms with E-state index in [1.54, 1.807) is 0 Å². The summed E-state index contributed by atoms with van der Waals surface area (Å²) < 4.78 is 57.9. The van der Waals surface area contributed by atoms with Gasteiger partial charge in [-0.2, -0.15) is 8.42 Å². The number of hydrogen-bond donors (Lipinski definition) is 0. The molecule has 1 atom stereocenters. The van der Waals surface area contributed by atoms with Crippen molar-refractivity contribution in [2.75, 3.05) is 13.2 Å². The molecule has 2 rings (SSSR count). The van der Waals surface area contributed by atoms with Crippen molar-refractivity contribution in [3.63, 3.8) is 0 Å². The van der Waals surface area contributed by atoms with Crippen molar-refractivity contribution in [3.05, 3.63) is 29.8 Å². The van der Waals surface area contributed by atoms with Crippen LogP contribution in [0.2, 0.25) is 0 Å². The Morgan fingerprint density at radius 3 is 2.69 bits per heavy atom. The average Bonchev–Trinajstić information content (AvgIpc) is 2.97. The normalized spacial score (nSPS) is 19.8. The van der Waals surface area contributed by atoms with Crippen LogP contribution in [0.1, 0.15) is 0 Å². The summed E-state index contributed by atoms with van der Waals surface area (Å²) in [5.74, 6) is -2.02. The summed E-state index contributed by atoms with van der Waals surface area (Å²) in [5.41, 5.74) is 0. The van der Waals surface area contributed by atoms with Crippen molar-refractivity contribution < 1.29 is 26.1 Å².